The molecule has 0 spiro atoms. The van der Waals surface area contributed by atoms with Gasteiger partial charge in [0.1, 0.15) is 0 Å². The van der Waals surface area contributed by atoms with Crippen LogP contribution >= 0.6 is 0 Å². The number of piperidine rings is 1. The Morgan fingerprint density at radius 2 is 2.07 bits per heavy atom. The van der Waals surface area contributed by atoms with Crippen LogP contribution < -0.4 is 5.73 Å². The third-order valence-corrected chi connectivity index (χ3v) is 2.43. The summed E-state index contributed by atoms with van der Waals surface area (Å²) in [4.78, 5) is 12.3. The summed E-state index contributed by atoms with van der Waals surface area (Å²) in [6.45, 7) is 0.409. The Morgan fingerprint density at radius 1 is 1.43 bits per heavy atom. The fourth-order valence-corrected chi connectivity index (χ4v) is 1.72. The second kappa shape index (κ2) is 4.70. The number of carbonyl (C=O) groups excluding carboxylic acids is 1. The Kier molecular flexibility index (Phi) is 3.82. The summed E-state index contributed by atoms with van der Waals surface area (Å²) >= 11 is 0. The maximum absolute atomic E-state index is 10.6. The minimum Gasteiger partial charge on any atom is -0.396 e. The third kappa shape index (κ3) is 2.65. The molecule has 3 atom stereocenters. The lowest BCUT2D eigenvalue weighted by molar-refractivity contribution is -0.124. The molecule has 1 saturated heterocycles. The quantitative estimate of drug-likeness (QED) is 0.395. The Bertz CT molecular complexity index is 212. The molecule has 5 N–H and O–H groups in total. The summed E-state index contributed by atoms with van der Waals surface area (Å²) in [6.07, 6.45) is -1.86. The minimum absolute atomic E-state index is 0.0419. The lowest BCUT2D eigenvalue weighted by Crippen LogP contribution is -2.55. The Hall–Kier alpha value is -0.690. The predicted molar refractivity (Wildman–Crippen MR) is 48.2 cm³/mol. The highest BCUT2D eigenvalue weighted by Crippen LogP contribution is 2.16. The van der Waals surface area contributed by atoms with Crippen molar-refractivity contribution in [1.29, 1.82) is 0 Å². The van der Waals surface area contributed by atoms with Crippen LogP contribution in [0.1, 0.15) is 0 Å². The second-order valence-electron chi connectivity index (χ2n) is 3.66. The number of rotatable bonds is 3. The molecule has 0 aliphatic carbocycles. The van der Waals surface area contributed by atoms with Crippen LogP contribution in [0.15, 0.2) is 0 Å². The highest BCUT2D eigenvalue weighted by atomic mass is 16.3. The Morgan fingerprint density at radius 3 is 2.57 bits per heavy atom. The minimum atomic E-state index is -0.930. The molecule has 0 radical (unpaired) electrons. The molecule has 1 rings (SSSR count). The number of hydrogen-bond acceptors (Lipinski definition) is 5. The van der Waals surface area contributed by atoms with Crippen LogP contribution in [0.25, 0.3) is 0 Å². The van der Waals surface area contributed by atoms with E-state index in [1.165, 1.54) is 0 Å². The number of carbonyl (C=O) groups is 1. The maximum Gasteiger partial charge on any atom is 0.231 e. The average Bonchev–Trinajstić information content (AvgIpc) is 2.10. The van der Waals surface area contributed by atoms with Gasteiger partial charge in [-0.1, -0.05) is 0 Å². The molecular formula is C8H16N2O4. The van der Waals surface area contributed by atoms with Gasteiger partial charge in [-0.2, -0.15) is 0 Å². The van der Waals surface area contributed by atoms with Gasteiger partial charge in [-0.15, -0.1) is 0 Å². The smallest absolute Gasteiger partial charge is 0.231 e. The van der Waals surface area contributed by atoms with Gasteiger partial charge in [0.25, 0.3) is 0 Å². The van der Waals surface area contributed by atoms with E-state index in [4.69, 9.17) is 10.8 Å². The number of amides is 1. The maximum atomic E-state index is 10.6. The van der Waals surface area contributed by atoms with E-state index in [1.54, 1.807) is 4.90 Å². The molecule has 1 fully saturated rings. The van der Waals surface area contributed by atoms with Crippen molar-refractivity contribution in [2.45, 2.75) is 12.2 Å². The number of nitrogens with zero attached hydrogens (tertiary/aromatic N) is 1. The summed E-state index contributed by atoms with van der Waals surface area (Å²) in [5, 5.41) is 27.8. The van der Waals surface area contributed by atoms with Crippen molar-refractivity contribution in [2.75, 3.05) is 26.2 Å². The molecule has 1 aliphatic rings. The first kappa shape index (κ1) is 11.4. The molecule has 14 heavy (non-hydrogen) atoms. The number of β-amino-alcohol motifs (C(OH)–C–C–N with tert-alkyl or cyclic N) is 1. The van der Waals surface area contributed by atoms with Crippen LogP contribution in [0.4, 0.5) is 0 Å². The zero-order valence-electron chi connectivity index (χ0n) is 7.83. The van der Waals surface area contributed by atoms with Crippen LogP contribution in [0, 0.1) is 5.92 Å². The van der Waals surface area contributed by atoms with E-state index in [9.17, 15) is 15.0 Å². The number of aliphatic hydroxyl groups excluding tert-OH is 3. The molecule has 0 bridgehead atoms. The molecule has 0 aromatic heterocycles. The van der Waals surface area contributed by atoms with Crippen molar-refractivity contribution in [2.24, 2.45) is 11.7 Å². The molecule has 1 aliphatic heterocycles. The molecule has 0 aromatic rings. The topological polar surface area (TPSA) is 107 Å². The monoisotopic (exact) mass is 204 g/mol. The fraction of sp³-hybridized carbons (Fsp3) is 0.875. The standard InChI is InChI=1S/C8H16N2O4/c9-7(13)3-10-1-5(4-11)8(14)6(12)2-10/h5-6,8,11-12,14H,1-4H2,(H2,9,13)/t5-,6-,8-/m1/s1. The first-order valence-corrected chi connectivity index (χ1v) is 4.52. The lowest BCUT2D eigenvalue weighted by atomic mass is 9.93. The average molecular weight is 204 g/mol. The van der Waals surface area contributed by atoms with Crippen molar-refractivity contribution in [3.8, 4) is 0 Å². The van der Waals surface area contributed by atoms with E-state index in [1.807, 2.05) is 0 Å². The van der Waals surface area contributed by atoms with Crippen molar-refractivity contribution in [3.05, 3.63) is 0 Å². The number of hydrogen-bond donors (Lipinski definition) is 4. The van der Waals surface area contributed by atoms with Gasteiger partial charge in [0, 0.05) is 25.6 Å². The van der Waals surface area contributed by atoms with Gasteiger partial charge in [-0.3, -0.25) is 9.69 Å². The van der Waals surface area contributed by atoms with Crippen molar-refractivity contribution >= 4 is 5.91 Å². The van der Waals surface area contributed by atoms with Gasteiger partial charge < -0.3 is 21.1 Å². The number of nitrogens with two attached hydrogens (primary N) is 1. The van der Waals surface area contributed by atoms with Crippen molar-refractivity contribution < 1.29 is 20.1 Å². The zero-order valence-corrected chi connectivity index (χ0v) is 7.83. The Labute approximate surface area is 81.9 Å². The molecule has 0 saturated carbocycles. The van der Waals surface area contributed by atoms with Crippen LogP contribution in [0.5, 0.6) is 0 Å². The first-order valence-electron chi connectivity index (χ1n) is 4.52. The van der Waals surface area contributed by atoms with E-state index in [0.717, 1.165) is 0 Å². The van der Waals surface area contributed by atoms with Gasteiger partial charge in [0.2, 0.25) is 5.91 Å². The summed E-state index contributed by atoms with van der Waals surface area (Å²) < 4.78 is 0. The molecular weight excluding hydrogens is 188 g/mol. The molecule has 6 heteroatoms. The van der Waals surface area contributed by atoms with Gasteiger partial charge in [-0.05, 0) is 0 Å². The SMILES string of the molecule is NC(=O)CN1C[C@H](CO)[C@@H](O)[C@H](O)C1. The summed E-state index contributed by atoms with van der Waals surface area (Å²) in [5.41, 5.74) is 5.00. The van der Waals surface area contributed by atoms with E-state index in [2.05, 4.69) is 0 Å². The van der Waals surface area contributed by atoms with Crippen molar-refractivity contribution in [3.63, 3.8) is 0 Å². The highest BCUT2D eigenvalue weighted by Gasteiger charge is 2.34. The fourth-order valence-electron chi connectivity index (χ4n) is 1.72. The number of likely N-dealkylation sites (tertiary alicyclic amines) is 1. The normalized spacial score (nSPS) is 34.4. The molecule has 0 aromatic carbocycles. The van der Waals surface area contributed by atoms with E-state index >= 15 is 0 Å². The van der Waals surface area contributed by atoms with Gasteiger partial charge in [0.15, 0.2) is 0 Å². The van der Waals surface area contributed by atoms with Gasteiger partial charge in [-0.25, -0.2) is 0 Å². The highest BCUT2D eigenvalue weighted by molar-refractivity contribution is 5.75. The van der Waals surface area contributed by atoms with Gasteiger partial charge in [0.05, 0.1) is 18.8 Å². The van der Waals surface area contributed by atoms with E-state index in [-0.39, 0.29) is 19.7 Å². The largest absolute Gasteiger partial charge is 0.396 e. The predicted octanol–water partition coefficient (Wildman–Crippen LogP) is -2.88. The molecule has 1 heterocycles. The summed E-state index contributed by atoms with van der Waals surface area (Å²) in [5.74, 6) is -0.900. The molecule has 0 unspecified atom stereocenters. The number of primary amides is 1. The van der Waals surface area contributed by atoms with Crippen LogP contribution in [-0.4, -0.2) is 64.6 Å². The first-order chi connectivity index (χ1) is 6.54. The lowest BCUT2D eigenvalue weighted by Gasteiger charge is -2.37. The van der Waals surface area contributed by atoms with Crippen LogP contribution in [0.2, 0.25) is 0 Å². The summed E-state index contributed by atoms with van der Waals surface area (Å²) in [6, 6.07) is 0. The molecule has 6 nitrogen and oxygen atoms in total. The molecule has 1 amide bonds. The van der Waals surface area contributed by atoms with Crippen molar-refractivity contribution in [1.82, 2.24) is 4.90 Å². The van der Waals surface area contributed by atoms with Gasteiger partial charge >= 0.3 is 0 Å². The summed E-state index contributed by atoms with van der Waals surface area (Å²) in [7, 11) is 0. The van der Waals surface area contributed by atoms with E-state index < -0.39 is 24.0 Å². The van der Waals surface area contributed by atoms with Crippen LogP contribution in [-0.2, 0) is 4.79 Å². The molecule has 82 valence electrons. The zero-order chi connectivity index (χ0) is 10.7. The third-order valence-electron chi connectivity index (χ3n) is 2.43. The van der Waals surface area contributed by atoms with Crippen LogP contribution in [0.3, 0.4) is 0 Å². The number of aliphatic hydroxyl groups is 3. The Balaban J connectivity index is 2.53. The van der Waals surface area contributed by atoms with E-state index in [0.29, 0.717) is 6.54 Å². The second-order valence-corrected chi connectivity index (χ2v) is 3.66.